The first-order chi connectivity index (χ1) is 10.4. The highest BCUT2D eigenvalue weighted by Crippen LogP contribution is 2.27. The molecule has 0 aromatic heterocycles. The lowest BCUT2D eigenvalue weighted by molar-refractivity contribution is -0.385. The maximum absolute atomic E-state index is 12.5. The lowest BCUT2D eigenvalue weighted by atomic mass is 10.0. The molecule has 2 aromatic rings. The van der Waals surface area contributed by atoms with E-state index in [2.05, 4.69) is 5.32 Å². The molecule has 1 N–H and O–H groups in total. The van der Waals surface area contributed by atoms with Crippen molar-refractivity contribution < 1.29 is 9.72 Å². The van der Waals surface area contributed by atoms with Gasteiger partial charge in [-0.1, -0.05) is 44.2 Å². The van der Waals surface area contributed by atoms with E-state index < -0.39 is 10.8 Å². The SMILES string of the molecule is Cc1cccc(C(=O)Nc2ccccc2C(C)C)c1[N+](=O)[O-]. The van der Waals surface area contributed by atoms with Crippen molar-refractivity contribution in [3.63, 3.8) is 0 Å². The summed E-state index contributed by atoms with van der Waals surface area (Å²) in [4.78, 5) is 23.1. The van der Waals surface area contributed by atoms with Crippen molar-refractivity contribution in [2.24, 2.45) is 0 Å². The van der Waals surface area contributed by atoms with Crippen molar-refractivity contribution >= 4 is 17.3 Å². The largest absolute Gasteiger partial charge is 0.322 e. The summed E-state index contributed by atoms with van der Waals surface area (Å²) in [5.74, 6) is -0.229. The number of para-hydroxylation sites is 2. The van der Waals surface area contributed by atoms with Gasteiger partial charge in [0.2, 0.25) is 0 Å². The molecule has 0 saturated heterocycles. The molecule has 0 heterocycles. The Morgan fingerprint density at radius 1 is 1.14 bits per heavy atom. The summed E-state index contributed by atoms with van der Waals surface area (Å²) in [5, 5.41) is 14.0. The zero-order valence-corrected chi connectivity index (χ0v) is 12.8. The second-order valence-electron chi connectivity index (χ2n) is 5.42. The highest BCUT2D eigenvalue weighted by atomic mass is 16.6. The van der Waals surface area contributed by atoms with Crippen LogP contribution in [0.3, 0.4) is 0 Å². The van der Waals surface area contributed by atoms with E-state index >= 15 is 0 Å². The Labute approximate surface area is 129 Å². The number of hydrogen-bond acceptors (Lipinski definition) is 3. The van der Waals surface area contributed by atoms with Crippen LogP contribution in [0.5, 0.6) is 0 Å². The molecule has 0 fully saturated rings. The van der Waals surface area contributed by atoms with E-state index in [9.17, 15) is 14.9 Å². The van der Waals surface area contributed by atoms with E-state index in [0.29, 0.717) is 11.3 Å². The van der Waals surface area contributed by atoms with Crippen molar-refractivity contribution in [3.05, 3.63) is 69.3 Å². The number of aryl methyl sites for hydroxylation is 1. The monoisotopic (exact) mass is 298 g/mol. The van der Waals surface area contributed by atoms with Gasteiger partial charge in [-0.3, -0.25) is 14.9 Å². The fourth-order valence-corrected chi connectivity index (χ4v) is 2.39. The van der Waals surface area contributed by atoms with Gasteiger partial charge in [-0.05, 0) is 30.5 Å². The van der Waals surface area contributed by atoms with Gasteiger partial charge in [-0.2, -0.15) is 0 Å². The number of hydrogen-bond donors (Lipinski definition) is 1. The van der Waals surface area contributed by atoms with Gasteiger partial charge >= 0.3 is 0 Å². The average molecular weight is 298 g/mol. The van der Waals surface area contributed by atoms with Gasteiger partial charge in [0, 0.05) is 11.3 Å². The van der Waals surface area contributed by atoms with Crippen molar-refractivity contribution in [2.75, 3.05) is 5.32 Å². The third-order valence-corrected chi connectivity index (χ3v) is 3.50. The minimum atomic E-state index is -0.515. The van der Waals surface area contributed by atoms with Crippen LogP contribution in [0.4, 0.5) is 11.4 Å². The number of nitrogens with zero attached hydrogens (tertiary/aromatic N) is 1. The van der Waals surface area contributed by atoms with Crippen LogP contribution in [0, 0.1) is 17.0 Å². The molecule has 0 atom stereocenters. The Morgan fingerprint density at radius 2 is 1.82 bits per heavy atom. The molecule has 0 unspecified atom stereocenters. The molecule has 114 valence electrons. The summed E-state index contributed by atoms with van der Waals surface area (Å²) >= 11 is 0. The molecular formula is C17H18N2O3. The summed E-state index contributed by atoms with van der Waals surface area (Å²) in [6.45, 7) is 5.68. The first kappa shape index (κ1) is 15.7. The molecule has 5 heteroatoms. The van der Waals surface area contributed by atoms with Crippen LogP contribution in [0.25, 0.3) is 0 Å². The van der Waals surface area contributed by atoms with Crippen molar-refractivity contribution in [2.45, 2.75) is 26.7 Å². The molecule has 22 heavy (non-hydrogen) atoms. The number of nitro benzene ring substituents is 1. The van der Waals surface area contributed by atoms with Crippen LogP contribution in [-0.2, 0) is 0 Å². The Kier molecular flexibility index (Phi) is 4.56. The number of nitro groups is 1. The average Bonchev–Trinajstić information content (AvgIpc) is 2.46. The van der Waals surface area contributed by atoms with Gasteiger partial charge in [0.05, 0.1) is 4.92 Å². The standard InChI is InChI=1S/C17H18N2O3/c1-11(2)13-8-4-5-10-15(13)18-17(20)14-9-6-7-12(3)16(14)19(21)22/h4-11H,1-3H3,(H,18,20). The molecule has 2 rings (SSSR count). The van der Waals surface area contributed by atoms with E-state index in [1.165, 1.54) is 6.07 Å². The number of rotatable bonds is 4. The fourth-order valence-electron chi connectivity index (χ4n) is 2.39. The molecule has 2 aromatic carbocycles. The maximum Gasteiger partial charge on any atom is 0.285 e. The zero-order valence-electron chi connectivity index (χ0n) is 12.8. The number of anilines is 1. The third kappa shape index (κ3) is 3.14. The Bertz CT molecular complexity index is 724. The molecular weight excluding hydrogens is 280 g/mol. The Morgan fingerprint density at radius 3 is 2.45 bits per heavy atom. The van der Waals surface area contributed by atoms with Gasteiger partial charge in [-0.25, -0.2) is 0 Å². The summed E-state index contributed by atoms with van der Waals surface area (Å²) in [7, 11) is 0. The van der Waals surface area contributed by atoms with E-state index in [1.807, 2.05) is 32.0 Å². The second-order valence-corrected chi connectivity index (χ2v) is 5.42. The second kappa shape index (κ2) is 6.39. The van der Waals surface area contributed by atoms with Crippen LogP contribution in [-0.4, -0.2) is 10.8 Å². The molecule has 0 aliphatic heterocycles. The van der Waals surface area contributed by atoms with E-state index in [-0.39, 0.29) is 17.2 Å². The van der Waals surface area contributed by atoms with Crippen LogP contribution in [0.1, 0.15) is 41.3 Å². The van der Waals surface area contributed by atoms with Crippen molar-refractivity contribution in [3.8, 4) is 0 Å². The van der Waals surface area contributed by atoms with Crippen molar-refractivity contribution in [1.82, 2.24) is 0 Å². The van der Waals surface area contributed by atoms with Gasteiger partial charge in [-0.15, -0.1) is 0 Å². The predicted molar refractivity (Wildman–Crippen MR) is 86.3 cm³/mol. The predicted octanol–water partition coefficient (Wildman–Crippen LogP) is 4.28. The third-order valence-electron chi connectivity index (χ3n) is 3.50. The number of carbonyl (C=O) groups is 1. The molecule has 1 amide bonds. The van der Waals surface area contributed by atoms with Crippen LogP contribution in [0.15, 0.2) is 42.5 Å². The first-order valence-corrected chi connectivity index (χ1v) is 7.06. The Hall–Kier alpha value is -2.69. The van der Waals surface area contributed by atoms with Crippen molar-refractivity contribution in [1.29, 1.82) is 0 Å². The first-order valence-electron chi connectivity index (χ1n) is 7.06. The highest BCUT2D eigenvalue weighted by molar-refractivity contribution is 6.07. The fraction of sp³-hybridized carbons (Fsp3) is 0.235. The van der Waals surface area contributed by atoms with E-state index in [0.717, 1.165) is 5.56 Å². The topological polar surface area (TPSA) is 72.2 Å². The van der Waals surface area contributed by atoms with Gasteiger partial charge < -0.3 is 5.32 Å². The van der Waals surface area contributed by atoms with Crippen LogP contribution in [0.2, 0.25) is 0 Å². The molecule has 0 spiro atoms. The number of nitrogens with one attached hydrogen (secondary N) is 1. The van der Waals surface area contributed by atoms with Crippen LogP contribution < -0.4 is 5.32 Å². The minimum Gasteiger partial charge on any atom is -0.322 e. The zero-order chi connectivity index (χ0) is 16.3. The molecule has 0 aliphatic rings. The number of amides is 1. The highest BCUT2D eigenvalue weighted by Gasteiger charge is 2.23. The smallest absolute Gasteiger partial charge is 0.285 e. The van der Waals surface area contributed by atoms with E-state index in [1.54, 1.807) is 25.1 Å². The van der Waals surface area contributed by atoms with Crippen LogP contribution >= 0.6 is 0 Å². The molecule has 0 saturated carbocycles. The number of benzene rings is 2. The minimum absolute atomic E-state index is 0.0727. The summed E-state index contributed by atoms with van der Waals surface area (Å²) in [6.07, 6.45) is 0. The molecule has 5 nitrogen and oxygen atoms in total. The summed E-state index contributed by atoms with van der Waals surface area (Å²) in [5.41, 5.74) is 2.06. The quantitative estimate of drug-likeness (QED) is 0.676. The summed E-state index contributed by atoms with van der Waals surface area (Å²) in [6, 6.07) is 12.2. The van der Waals surface area contributed by atoms with E-state index in [4.69, 9.17) is 0 Å². The van der Waals surface area contributed by atoms with Gasteiger partial charge in [0.25, 0.3) is 11.6 Å². The normalized spacial score (nSPS) is 10.5. The molecule has 0 radical (unpaired) electrons. The van der Waals surface area contributed by atoms with Gasteiger partial charge in [0.15, 0.2) is 0 Å². The maximum atomic E-state index is 12.5. The summed E-state index contributed by atoms with van der Waals surface area (Å²) < 4.78 is 0. The Balaban J connectivity index is 2.39. The molecule has 0 bridgehead atoms. The van der Waals surface area contributed by atoms with Gasteiger partial charge in [0.1, 0.15) is 5.56 Å². The molecule has 0 aliphatic carbocycles. The lowest BCUT2D eigenvalue weighted by Gasteiger charge is -2.14. The lowest BCUT2D eigenvalue weighted by Crippen LogP contribution is -2.16. The number of carbonyl (C=O) groups excluding carboxylic acids is 1.